The number of unbranched alkanes of at least 4 members (excludes halogenated alkanes) is 1. The monoisotopic (exact) mass is 337 g/mol. The Kier molecular flexibility index (Phi) is 8.73. The van der Waals surface area contributed by atoms with Gasteiger partial charge in [-0.15, -0.1) is 0 Å². The van der Waals surface area contributed by atoms with Crippen molar-refractivity contribution in [2.45, 2.75) is 19.8 Å². The standard InChI is InChI=1S/C16H23N3O5/c1-4-5-9-17-16(21)19-14(20)11-24-18-10-12-7-6-8-13(22-2)15(12)23-3/h6-8,10H,4-5,9,11H2,1-3H3,(H2,17,19,20,21)/b18-10-. The number of amides is 3. The van der Waals surface area contributed by atoms with Gasteiger partial charge in [0, 0.05) is 12.1 Å². The van der Waals surface area contributed by atoms with Crippen LogP contribution in [-0.2, 0) is 9.63 Å². The molecule has 8 heteroatoms. The minimum absolute atomic E-state index is 0.371. The summed E-state index contributed by atoms with van der Waals surface area (Å²) in [6.07, 6.45) is 3.21. The first-order valence-electron chi connectivity index (χ1n) is 7.56. The normalized spacial score (nSPS) is 10.3. The van der Waals surface area contributed by atoms with Crippen LogP contribution in [0.25, 0.3) is 0 Å². The Morgan fingerprint density at radius 3 is 2.71 bits per heavy atom. The van der Waals surface area contributed by atoms with Crippen molar-refractivity contribution in [1.82, 2.24) is 10.6 Å². The summed E-state index contributed by atoms with van der Waals surface area (Å²) in [6.45, 7) is 2.15. The van der Waals surface area contributed by atoms with Crippen molar-refractivity contribution in [1.29, 1.82) is 0 Å². The number of nitrogens with zero attached hydrogens (tertiary/aromatic N) is 1. The van der Waals surface area contributed by atoms with Gasteiger partial charge in [-0.3, -0.25) is 10.1 Å². The van der Waals surface area contributed by atoms with Crippen molar-refractivity contribution in [2.75, 3.05) is 27.4 Å². The molecular weight excluding hydrogens is 314 g/mol. The number of oxime groups is 1. The Balaban J connectivity index is 2.43. The van der Waals surface area contributed by atoms with E-state index in [0.29, 0.717) is 23.6 Å². The molecule has 1 aromatic carbocycles. The number of hydrogen-bond acceptors (Lipinski definition) is 6. The SMILES string of the molecule is CCCCNC(=O)NC(=O)CO/N=C\c1cccc(OC)c1OC. The Morgan fingerprint density at radius 2 is 2.04 bits per heavy atom. The number of nitrogens with one attached hydrogen (secondary N) is 2. The van der Waals surface area contributed by atoms with Crippen molar-refractivity contribution in [3.63, 3.8) is 0 Å². The highest BCUT2D eigenvalue weighted by Gasteiger charge is 2.09. The molecule has 132 valence electrons. The highest BCUT2D eigenvalue weighted by Crippen LogP contribution is 2.29. The molecule has 0 bridgehead atoms. The summed E-state index contributed by atoms with van der Waals surface area (Å²) in [6, 6.07) is 4.74. The lowest BCUT2D eigenvalue weighted by molar-refractivity contribution is -0.124. The van der Waals surface area contributed by atoms with Gasteiger partial charge in [-0.05, 0) is 18.6 Å². The average Bonchev–Trinajstić information content (AvgIpc) is 2.58. The third-order valence-electron chi connectivity index (χ3n) is 2.96. The molecule has 0 saturated heterocycles. The van der Waals surface area contributed by atoms with Gasteiger partial charge in [0.15, 0.2) is 18.1 Å². The lowest BCUT2D eigenvalue weighted by Gasteiger charge is -2.09. The lowest BCUT2D eigenvalue weighted by Crippen LogP contribution is -2.41. The van der Waals surface area contributed by atoms with Gasteiger partial charge >= 0.3 is 6.03 Å². The molecule has 0 heterocycles. The molecule has 8 nitrogen and oxygen atoms in total. The average molecular weight is 337 g/mol. The highest BCUT2D eigenvalue weighted by atomic mass is 16.6. The third-order valence-corrected chi connectivity index (χ3v) is 2.96. The summed E-state index contributed by atoms with van der Waals surface area (Å²) in [5.41, 5.74) is 0.634. The van der Waals surface area contributed by atoms with Crippen LogP contribution in [0.3, 0.4) is 0 Å². The summed E-state index contributed by atoms with van der Waals surface area (Å²) in [5, 5.41) is 8.40. The smallest absolute Gasteiger partial charge is 0.321 e. The molecule has 0 spiro atoms. The number of imide groups is 1. The maximum atomic E-state index is 11.5. The Hall–Kier alpha value is -2.77. The fourth-order valence-corrected chi connectivity index (χ4v) is 1.79. The second-order valence-electron chi connectivity index (χ2n) is 4.75. The second-order valence-corrected chi connectivity index (χ2v) is 4.75. The van der Waals surface area contributed by atoms with Gasteiger partial charge in [0.05, 0.1) is 20.4 Å². The second kappa shape index (κ2) is 10.9. The van der Waals surface area contributed by atoms with Crippen molar-refractivity contribution in [3.8, 4) is 11.5 Å². The molecule has 0 fully saturated rings. The quantitative estimate of drug-likeness (QED) is 0.406. The van der Waals surface area contributed by atoms with Crippen molar-refractivity contribution in [3.05, 3.63) is 23.8 Å². The molecule has 0 aliphatic carbocycles. The van der Waals surface area contributed by atoms with Gasteiger partial charge in [-0.25, -0.2) is 4.79 Å². The minimum atomic E-state index is -0.584. The predicted octanol–water partition coefficient (Wildman–Crippen LogP) is 1.68. The first-order valence-corrected chi connectivity index (χ1v) is 7.56. The van der Waals surface area contributed by atoms with Gasteiger partial charge in [-0.2, -0.15) is 0 Å². The van der Waals surface area contributed by atoms with Crippen molar-refractivity contribution >= 4 is 18.2 Å². The van der Waals surface area contributed by atoms with Crippen LogP contribution in [0.1, 0.15) is 25.3 Å². The molecular formula is C16H23N3O5. The molecule has 1 rings (SSSR count). The summed E-state index contributed by atoms with van der Waals surface area (Å²) in [4.78, 5) is 27.8. The molecule has 1 aromatic rings. The molecule has 0 atom stereocenters. The first-order chi connectivity index (χ1) is 11.6. The van der Waals surface area contributed by atoms with Crippen LogP contribution in [0.15, 0.2) is 23.4 Å². The molecule has 2 N–H and O–H groups in total. The number of hydrogen-bond donors (Lipinski definition) is 2. The van der Waals surface area contributed by atoms with Gasteiger partial charge < -0.3 is 19.6 Å². The van der Waals surface area contributed by atoms with E-state index in [1.54, 1.807) is 18.2 Å². The van der Waals surface area contributed by atoms with E-state index >= 15 is 0 Å². The minimum Gasteiger partial charge on any atom is -0.493 e. The Morgan fingerprint density at radius 1 is 1.25 bits per heavy atom. The summed E-state index contributed by atoms with van der Waals surface area (Å²) < 4.78 is 10.4. The molecule has 0 radical (unpaired) electrons. The molecule has 0 aromatic heterocycles. The van der Waals surface area contributed by atoms with E-state index in [-0.39, 0.29) is 6.61 Å². The maximum absolute atomic E-state index is 11.5. The predicted molar refractivity (Wildman–Crippen MR) is 89.5 cm³/mol. The first kappa shape index (κ1) is 19.3. The Bertz CT molecular complexity index is 575. The third kappa shape index (κ3) is 6.55. The molecule has 24 heavy (non-hydrogen) atoms. The number of rotatable bonds is 9. The van der Waals surface area contributed by atoms with Crippen molar-refractivity contribution in [2.24, 2.45) is 5.16 Å². The maximum Gasteiger partial charge on any atom is 0.321 e. The molecule has 0 aliphatic rings. The van der Waals surface area contributed by atoms with Gasteiger partial charge in [-0.1, -0.05) is 24.6 Å². The number of urea groups is 1. The van der Waals surface area contributed by atoms with Crippen molar-refractivity contribution < 1.29 is 23.9 Å². The topological polar surface area (TPSA) is 98.3 Å². The van der Waals surface area contributed by atoms with Crippen LogP contribution in [0.5, 0.6) is 11.5 Å². The molecule has 3 amide bonds. The van der Waals surface area contributed by atoms with Gasteiger partial charge in [0.1, 0.15) is 0 Å². The fourth-order valence-electron chi connectivity index (χ4n) is 1.79. The van der Waals surface area contributed by atoms with Crippen LogP contribution in [0, 0.1) is 0 Å². The van der Waals surface area contributed by atoms with Crippen LogP contribution in [0.2, 0.25) is 0 Å². The van der Waals surface area contributed by atoms with Crippen LogP contribution < -0.4 is 20.1 Å². The fraction of sp³-hybridized carbons (Fsp3) is 0.438. The molecule has 0 unspecified atom stereocenters. The molecule has 0 saturated carbocycles. The van der Waals surface area contributed by atoms with Crippen LogP contribution in [-0.4, -0.2) is 45.5 Å². The number of carbonyl (C=O) groups excluding carboxylic acids is 2. The summed E-state index contributed by atoms with van der Waals surface area (Å²) >= 11 is 0. The Labute approximate surface area is 141 Å². The largest absolute Gasteiger partial charge is 0.493 e. The molecule has 0 aliphatic heterocycles. The zero-order chi connectivity index (χ0) is 17.8. The lowest BCUT2D eigenvalue weighted by atomic mass is 10.2. The number of benzene rings is 1. The van der Waals surface area contributed by atoms with Crippen LogP contribution >= 0.6 is 0 Å². The number of para-hydroxylation sites is 1. The van der Waals surface area contributed by atoms with Crippen LogP contribution in [0.4, 0.5) is 4.79 Å². The zero-order valence-electron chi connectivity index (χ0n) is 14.1. The van der Waals surface area contributed by atoms with E-state index in [1.807, 2.05) is 6.92 Å². The van der Waals surface area contributed by atoms with E-state index in [2.05, 4.69) is 15.8 Å². The van der Waals surface area contributed by atoms with E-state index in [9.17, 15) is 9.59 Å². The number of methoxy groups -OCH3 is 2. The van der Waals surface area contributed by atoms with E-state index in [0.717, 1.165) is 12.8 Å². The highest BCUT2D eigenvalue weighted by molar-refractivity contribution is 5.94. The number of ether oxygens (including phenoxy) is 2. The van der Waals surface area contributed by atoms with Gasteiger partial charge in [0.2, 0.25) is 0 Å². The number of carbonyl (C=O) groups is 2. The van der Waals surface area contributed by atoms with E-state index in [1.165, 1.54) is 20.4 Å². The summed E-state index contributed by atoms with van der Waals surface area (Å²) in [7, 11) is 3.05. The van der Waals surface area contributed by atoms with E-state index < -0.39 is 11.9 Å². The zero-order valence-corrected chi connectivity index (χ0v) is 14.1. The van der Waals surface area contributed by atoms with Gasteiger partial charge in [0.25, 0.3) is 5.91 Å². The summed E-state index contributed by atoms with van der Waals surface area (Å²) in [5.74, 6) is 0.480. The van der Waals surface area contributed by atoms with E-state index in [4.69, 9.17) is 14.3 Å².